The highest BCUT2D eigenvalue weighted by atomic mass is 79.9. The predicted octanol–water partition coefficient (Wildman–Crippen LogP) is 2.85. The second-order valence-corrected chi connectivity index (χ2v) is 10.7. The molecule has 9 nitrogen and oxygen atoms in total. The number of carbonyl (C=O) groups is 1. The third-order valence-electron chi connectivity index (χ3n) is 7.28. The fourth-order valence-corrected chi connectivity index (χ4v) is 5.52. The largest absolute Gasteiger partial charge is 0.389 e. The molecule has 3 aliphatic rings. The van der Waals surface area contributed by atoms with Gasteiger partial charge in [-0.2, -0.15) is 4.98 Å². The number of amides is 1. The molecule has 1 aliphatic heterocycles. The molecule has 0 radical (unpaired) electrons. The molecule has 2 aliphatic carbocycles. The van der Waals surface area contributed by atoms with Gasteiger partial charge in [0.25, 0.3) is 11.5 Å². The smallest absolute Gasteiger partial charge is 0.317 e. The number of aliphatic hydroxyl groups is 2. The van der Waals surface area contributed by atoms with Gasteiger partial charge in [0.1, 0.15) is 6.10 Å². The van der Waals surface area contributed by atoms with E-state index in [1.807, 2.05) is 42.5 Å². The maximum Gasteiger partial charge on any atom is 0.317 e. The van der Waals surface area contributed by atoms with E-state index >= 15 is 0 Å². The zero-order valence-electron chi connectivity index (χ0n) is 21.0. The molecule has 1 amide bonds. The zero-order chi connectivity index (χ0) is 27.1. The highest BCUT2D eigenvalue weighted by molar-refractivity contribution is 9.10. The topological polar surface area (TPSA) is 123 Å². The lowest BCUT2D eigenvalue weighted by atomic mass is 10.1. The first kappa shape index (κ1) is 25.4. The summed E-state index contributed by atoms with van der Waals surface area (Å²) >= 11 is 3.47. The standard InChI is InChI=1S/C29H25BrN6O3/c1-31-29(39)20-14-22(26(38)25(20)37)36-15-32-24-27(33-21-13-19(21)17-7-3-2-4-8-17)34-23(35-28(24)36)11-10-16-6-5-9-18(30)12-16/h2-9,12,15,19-21,25-26,37-38H,13-14H2,1H3,(H-,31,33,34,35,39)/p+1/t19?,20-,21?,25+,26-/m0/s1. The molecule has 2 saturated carbocycles. The number of fused-ring (bicyclic) bond motifs is 1. The van der Waals surface area contributed by atoms with Gasteiger partial charge in [-0.05, 0) is 36.1 Å². The quantitative estimate of drug-likeness (QED) is 0.276. The van der Waals surface area contributed by atoms with Crippen LogP contribution in [-0.4, -0.2) is 68.0 Å². The molecule has 10 heteroatoms. The molecule has 39 heavy (non-hydrogen) atoms. The molecule has 5 atom stereocenters. The number of hydrogen-bond acceptors (Lipinski definition) is 7. The number of carbonyl (C=O) groups excluding carboxylic acids is 1. The van der Waals surface area contributed by atoms with Crippen LogP contribution in [-0.2, 0) is 4.79 Å². The van der Waals surface area contributed by atoms with Gasteiger partial charge < -0.3 is 20.8 Å². The highest BCUT2D eigenvalue weighted by Gasteiger charge is 2.47. The number of hydrogen-bond donors (Lipinski definition) is 4. The van der Waals surface area contributed by atoms with Crippen LogP contribution in [0.15, 0.2) is 64.1 Å². The average molecular weight is 586 g/mol. The third kappa shape index (κ3) is 4.96. The van der Waals surface area contributed by atoms with E-state index in [1.165, 1.54) is 12.6 Å². The van der Waals surface area contributed by atoms with Gasteiger partial charge in [0.2, 0.25) is 12.2 Å². The van der Waals surface area contributed by atoms with E-state index in [0.29, 0.717) is 34.8 Å². The lowest BCUT2D eigenvalue weighted by Crippen LogP contribution is -2.37. The van der Waals surface area contributed by atoms with E-state index < -0.39 is 18.1 Å². The highest BCUT2D eigenvalue weighted by Crippen LogP contribution is 2.45. The lowest BCUT2D eigenvalue weighted by Gasteiger charge is -2.13. The molecule has 2 unspecified atom stereocenters. The number of aliphatic imine (C=N–C) groups is 1. The van der Waals surface area contributed by atoms with Crippen molar-refractivity contribution in [3.8, 4) is 11.8 Å². The molecule has 4 N–H and O–H groups in total. The Kier molecular flexibility index (Phi) is 6.73. The van der Waals surface area contributed by atoms with Gasteiger partial charge in [0, 0.05) is 35.5 Å². The number of anilines is 1. The van der Waals surface area contributed by atoms with Crippen molar-refractivity contribution in [3.05, 3.63) is 76.0 Å². The van der Waals surface area contributed by atoms with Gasteiger partial charge in [0.15, 0.2) is 5.82 Å². The monoisotopic (exact) mass is 585 g/mol. The summed E-state index contributed by atoms with van der Waals surface area (Å²) in [7, 11) is 1.51. The van der Waals surface area contributed by atoms with Crippen molar-refractivity contribution in [1.82, 2.24) is 15.3 Å². The van der Waals surface area contributed by atoms with Gasteiger partial charge in [-0.25, -0.2) is 4.58 Å². The first-order chi connectivity index (χ1) is 18.9. The van der Waals surface area contributed by atoms with E-state index in [4.69, 9.17) is 4.98 Å². The average Bonchev–Trinajstić information content (AvgIpc) is 3.49. The summed E-state index contributed by atoms with van der Waals surface area (Å²) in [5, 5.41) is 27.5. The third-order valence-corrected chi connectivity index (χ3v) is 7.77. The van der Waals surface area contributed by atoms with Crippen LogP contribution in [0.4, 0.5) is 17.3 Å². The number of nitrogens with zero attached hydrogens (tertiary/aromatic N) is 4. The van der Waals surface area contributed by atoms with Gasteiger partial charge >= 0.3 is 5.82 Å². The Labute approximate surface area is 233 Å². The maximum absolute atomic E-state index is 12.3. The molecular weight excluding hydrogens is 560 g/mol. The van der Waals surface area contributed by atoms with E-state index in [0.717, 1.165) is 16.5 Å². The summed E-state index contributed by atoms with van der Waals surface area (Å²) in [5.74, 6) is 6.72. The second kappa shape index (κ2) is 10.3. The predicted molar refractivity (Wildman–Crippen MR) is 151 cm³/mol. The van der Waals surface area contributed by atoms with E-state index in [2.05, 4.69) is 60.5 Å². The number of rotatable bonds is 4. The molecule has 2 fully saturated rings. The minimum Gasteiger partial charge on any atom is -0.389 e. The summed E-state index contributed by atoms with van der Waals surface area (Å²) in [6, 6.07) is 18.2. The van der Waals surface area contributed by atoms with Crippen LogP contribution in [0.3, 0.4) is 0 Å². The normalized spacial score (nSPS) is 26.5. The fourth-order valence-electron chi connectivity index (χ4n) is 5.12. The van der Waals surface area contributed by atoms with Crippen LogP contribution in [0.2, 0.25) is 0 Å². The first-order valence-electron chi connectivity index (χ1n) is 12.7. The van der Waals surface area contributed by atoms with Crippen molar-refractivity contribution in [2.45, 2.75) is 37.0 Å². The number of halogens is 1. The second-order valence-electron chi connectivity index (χ2n) is 9.80. The molecule has 0 saturated heterocycles. The molecule has 2 aromatic carbocycles. The van der Waals surface area contributed by atoms with Crippen LogP contribution in [0, 0.1) is 17.8 Å². The van der Waals surface area contributed by atoms with Crippen molar-refractivity contribution in [2.75, 3.05) is 12.4 Å². The molecule has 3 aromatic rings. The van der Waals surface area contributed by atoms with Gasteiger partial charge in [-0.3, -0.25) is 4.79 Å². The number of nitrogens with one attached hydrogen (secondary N) is 2. The molecule has 1 aromatic heterocycles. The zero-order valence-corrected chi connectivity index (χ0v) is 22.6. The van der Waals surface area contributed by atoms with Crippen LogP contribution in [0.25, 0.3) is 0 Å². The Balaban J connectivity index is 1.39. The Hall–Kier alpha value is -3.91. The van der Waals surface area contributed by atoms with Crippen molar-refractivity contribution in [1.29, 1.82) is 0 Å². The summed E-state index contributed by atoms with van der Waals surface area (Å²) in [4.78, 5) is 26.3. The molecule has 0 bridgehead atoms. The van der Waals surface area contributed by atoms with Gasteiger partial charge in [0.05, 0.1) is 17.7 Å². The Morgan fingerprint density at radius 1 is 1.10 bits per heavy atom. The first-order valence-corrected chi connectivity index (χ1v) is 13.5. The van der Waals surface area contributed by atoms with Crippen LogP contribution < -0.4 is 10.6 Å². The van der Waals surface area contributed by atoms with Crippen LogP contribution in [0.5, 0.6) is 0 Å². The molecule has 6 rings (SSSR count). The van der Waals surface area contributed by atoms with Gasteiger partial charge in [-0.15, -0.1) is 0 Å². The minimum absolute atomic E-state index is 0.165. The van der Waals surface area contributed by atoms with Crippen LogP contribution in [0.1, 0.15) is 35.7 Å². The van der Waals surface area contributed by atoms with E-state index in [9.17, 15) is 15.0 Å². The van der Waals surface area contributed by atoms with Gasteiger partial charge in [-0.1, -0.05) is 68.2 Å². The molecule has 0 spiro atoms. The van der Waals surface area contributed by atoms with Crippen LogP contribution >= 0.6 is 15.9 Å². The Morgan fingerprint density at radius 2 is 1.92 bits per heavy atom. The summed E-state index contributed by atoms with van der Waals surface area (Å²) in [5.41, 5.74) is 3.04. The maximum atomic E-state index is 12.3. The van der Waals surface area contributed by atoms with E-state index in [1.54, 1.807) is 10.9 Å². The van der Waals surface area contributed by atoms with E-state index in [-0.39, 0.29) is 18.4 Å². The summed E-state index contributed by atoms with van der Waals surface area (Å²) < 4.78 is 2.56. The summed E-state index contributed by atoms with van der Waals surface area (Å²) in [6.07, 6.45) is 0.210. The van der Waals surface area contributed by atoms with Crippen molar-refractivity contribution in [2.24, 2.45) is 10.9 Å². The molecule has 2 heterocycles. The van der Waals surface area contributed by atoms with Crippen molar-refractivity contribution in [3.63, 3.8) is 0 Å². The SMILES string of the molecule is CNC(=O)[C@H]1CC(=[N+]2C=Nc3c(NC4CC4c4ccccc4)nc(C#Cc4cccc(Br)c4)nc32)[C@H](O)[C@@H]1O. The summed E-state index contributed by atoms with van der Waals surface area (Å²) in [6.45, 7) is 0. The van der Waals surface area contributed by atoms with Crippen molar-refractivity contribution >= 4 is 51.2 Å². The van der Waals surface area contributed by atoms with Crippen molar-refractivity contribution < 1.29 is 19.6 Å². The number of aliphatic hydroxyl groups excluding tert-OH is 2. The Bertz CT molecular complexity index is 1580. The number of aromatic nitrogens is 2. The lowest BCUT2D eigenvalue weighted by molar-refractivity contribution is -0.301. The Morgan fingerprint density at radius 3 is 2.69 bits per heavy atom. The fraction of sp³-hybridized carbons (Fsp3) is 0.276. The molecular formula is C29H26BrN6O3+. The minimum atomic E-state index is -1.24. The number of benzene rings is 2. The molecule has 196 valence electrons.